The molecule has 0 saturated carbocycles. The van der Waals surface area contributed by atoms with Crippen LogP contribution in [-0.2, 0) is 66.6 Å². The maximum Gasteiger partial charge on any atom is 2.00 e. The molecule has 0 aromatic rings. The standard InChI is InChI=1S/Ba.Ca.Cu.Hg.4O/q4*+2;4*-2. The van der Waals surface area contributed by atoms with E-state index in [2.05, 4.69) is 0 Å². The van der Waals surface area contributed by atoms with Gasteiger partial charge < -0.3 is 21.9 Å². The molecule has 8 heteroatoms. The summed E-state index contributed by atoms with van der Waals surface area (Å²) in [7, 11) is 0. The SMILES string of the molecule is [Ba+2].[Ca+2].[Cu+2].[Hg+2].[O-2].[O-2].[O-2].[O-2]. The van der Waals surface area contributed by atoms with Gasteiger partial charge in [-0.15, -0.1) is 0 Å². The van der Waals surface area contributed by atoms with Gasteiger partial charge in [-0.2, -0.15) is 0 Å². The van der Waals surface area contributed by atoms with Gasteiger partial charge >= 0.3 is 131 Å². The van der Waals surface area contributed by atoms with Crippen molar-refractivity contribution in [2.75, 3.05) is 0 Å². The minimum Gasteiger partial charge on any atom is -2.00 e. The molecule has 0 aromatic carbocycles. The fraction of sp³-hybridized carbons (Fsp3) is 0. The van der Waals surface area contributed by atoms with E-state index >= 15 is 0 Å². The van der Waals surface area contributed by atoms with Crippen LogP contribution >= 0.6 is 0 Å². The van der Waals surface area contributed by atoms with Crippen molar-refractivity contribution < 1.29 is 66.6 Å². The summed E-state index contributed by atoms with van der Waals surface area (Å²) in [5.74, 6) is 0. The molecule has 0 N–H and O–H groups in total. The molecule has 0 amide bonds. The Hall–Kier alpha value is 4.13. The maximum atomic E-state index is 0. The monoisotopic (exact) mass is 507 g/mol. The minimum atomic E-state index is 0. The van der Waals surface area contributed by atoms with Gasteiger partial charge in [0, 0.05) is 0 Å². The van der Waals surface area contributed by atoms with Gasteiger partial charge in [-0.05, 0) is 0 Å². The average Bonchev–Trinajstić information content (AvgIpc) is 0. The zero-order valence-electron chi connectivity index (χ0n) is 4.06. The number of rotatable bonds is 0. The Morgan fingerprint density at radius 2 is 0.625 bits per heavy atom. The van der Waals surface area contributed by atoms with Crippen molar-refractivity contribution in [3.8, 4) is 0 Å². The van der Waals surface area contributed by atoms with Crippen LogP contribution in [0.5, 0.6) is 0 Å². The topological polar surface area (TPSA) is 114 Å². The number of hydrogen-bond acceptors (Lipinski definition) is 0. The summed E-state index contributed by atoms with van der Waals surface area (Å²) in [6.45, 7) is 0. The van der Waals surface area contributed by atoms with Crippen LogP contribution in [0.25, 0.3) is 0 Å². The van der Waals surface area contributed by atoms with Crippen LogP contribution in [0, 0.1) is 0 Å². The first-order valence-corrected chi connectivity index (χ1v) is 0. The third-order valence-electron chi connectivity index (χ3n) is 0. The number of hydrogen-bond donors (Lipinski definition) is 0. The Morgan fingerprint density at radius 1 is 0.625 bits per heavy atom. The fourth-order valence-corrected chi connectivity index (χ4v) is 0. The van der Waals surface area contributed by atoms with E-state index in [0.717, 1.165) is 0 Å². The summed E-state index contributed by atoms with van der Waals surface area (Å²) in [5.41, 5.74) is 0. The summed E-state index contributed by atoms with van der Waals surface area (Å²) in [5, 5.41) is 0. The fourth-order valence-electron chi connectivity index (χ4n) is 0. The average molecular weight is 506 g/mol. The molecule has 1 radical (unpaired) electrons. The minimum absolute atomic E-state index is 0. The molecule has 0 aliphatic rings. The smallest absolute Gasteiger partial charge is 2.00 e. The van der Waals surface area contributed by atoms with E-state index in [1.807, 2.05) is 0 Å². The first-order valence-electron chi connectivity index (χ1n) is 0. The Labute approximate surface area is 149 Å². The molecule has 0 atom stereocenters. The van der Waals surface area contributed by atoms with Gasteiger partial charge in [0.2, 0.25) is 0 Å². The van der Waals surface area contributed by atoms with E-state index in [0.29, 0.717) is 0 Å². The van der Waals surface area contributed by atoms with Crippen LogP contribution in [0.3, 0.4) is 0 Å². The molecular weight excluding hydrogens is 506 g/mol. The Kier molecular flexibility index (Phi) is 739. The van der Waals surface area contributed by atoms with Crippen LogP contribution in [0.4, 0.5) is 0 Å². The molecule has 0 fully saturated rings. The Morgan fingerprint density at radius 3 is 0.625 bits per heavy atom. The van der Waals surface area contributed by atoms with E-state index in [9.17, 15) is 0 Å². The molecule has 0 rings (SSSR count). The van der Waals surface area contributed by atoms with Crippen LogP contribution < -0.4 is 0 Å². The van der Waals surface area contributed by atoms with Gasteiger partial charge in [-0.3, -0.25) is 0 Å². The first kappa shape index (κ1) is 88.2. The van der Waals surface area contributed by atoms with Gasteiger partial charge in [0.05, 0.1) is 0 Å². The Balaban J connectivity index is 0. The zero-order valence-corrected chi connectivity index (χ0v) is 17.1. The van der Waals surface area contributed by atoms with E-state index in [1.165, 1.54) is 0 Å². The van der Waals surface area contributed by atoms with Gasteiger partial charge in [0.25, 0.3) is 0 Å². The molecule has 8 heavy (non-hydrogen) atoms. The van der Waals surface area contributed by atoms with Crippen molar-refractivity contribution in [3.05, 3.63) is 0 Å². The summed E-state index contributed by atoms with van der Waals surface area (Å²) >= 11 is 0. The Bertz CT molecular complexity index is 16.0. The predicted molar refractivity (Wildman–Crippen MR) is 14.3 cm³/mol. The molecular formula is BaCaCuHgO4. The van der Waals surface area contributed by atoms with Gasteiger partial charge in [0.1, 0.15) is 0 Å². The molecule has 0 saturated heterocycles. The van der Waals surface area contributed by atoms with E-state index in [-0.39, 0.29) is 153 Å². The normalized spacial score (nSPS) is 0. The molecule has 4 nitrogen and oxygen atoms in total. The molecule has 0 bridgehead atoms. The van der Waals surface area contributed by atoms with Gasteiger partial charge in [-0.1, -0.05) is 0 Å². The second-order valence-corrected chi connectivity index (χ2v) is 0. The summed E-state index contributed by atoms with van der Waals surface area (Å²) in [4.78, 5) is 0. The molecule has 0 aliphatic carbocycles. The quantitative estimate of drug-likeness (QED) is 0.367. The van der Waals surface area contributed by atoms with Crippen molar-refractivity contribution in [3.63, 3.8) is 0 Å². The van der Waals surface area contributed by atoms with Crippen molar-refractivity contribution in [1.29, 1.82) is 0 Å². The van der Waals surface area contributed by atoms with E-state index < -0.39 is 0 Å². The maximum absolute atomic E-state index is 0. The molecule has 0 heterocycles. The van der Waals surface area contributed by atoms with Crippen molar-refractivity contribution in [1.82, 2.24) is 0 Å². The van der Waals surface area contributed by atoms with E-state index in [1.54, 1.807) is 0 Å². The van der Waals surface area contributed by atoms with Crippen LogP contribution in [0.1, 0.15) is 0 Å². The summed E-state index contributed by atoms with van der Waals surface area (Å²) in [6.07, 6.45) is 0. The van der Waals surface area contributed by atoms with Crippen LogP contribution in [0.15, 0.2) is 0 Å². The zero-order chi connectivity index (χ0) is 0. The third-order valence-corrected chi connectivity index (χ3v) is 0. The van der Waals surface area contributed by atoms with Crippen LogP contribution in [-0.4, -0.2) is 86.6 Å². The molecule has 41 valence electrons. The van der Waals surface area contributed by atoms with Crippen molar-refractivity contribution in [2.24, 2.45) is 0 Å². The molecule has 0 aliphatic heterocycles. The van der Waals surface area contributed by atoms with Crippen LogP contribution in [0.2, 0.25) is 0 Å². The van der Waals surface area contributed by atoms with Gasteiger partial charge in [-0.25, -0.2) is 0 Å². The third kappa shape index (κ3) is 49.5. The predicted octanol–water partition coefficient (Wildman–Crippen LogP) is -1.24. The first-order chi connectivity index (χ1) is 0. The molecule has 0 aromatic heterocycles. The molecule has 0 spiro atoms. The molecule has 0 unspecified atom stereocenters. The van der Waals surface area contributed by atoms with E-state index in [4.69, 9.17) is 0 Å². The second kappa shape index (κ2) is 67.0. The summed E-state index contributed by atoms with van der Waals surface area (Å²) < 4.78 is 0. The van der Waals surface area contributed by atoms with Crippen molar-refractivity contribution in [2.45, 2.75) is 0 Å². The van der Waals surface area contributed by atoms with Crippen molar-refractivity contribution >= 4 is 86.6 Å². The summed E-state index contributed by atoms with van der Waals surface area (Å²) in [6, 6.07) is 0. The second-order valence-electron chi connectivity index (χ2n) is 0. The largest absolute Gasteiger partial charge is 2.00 e. The van der Waals surface area contributed by atoms with Gasteiger partial charge in [0.15, 0.2) is 0 Å².